The van der Waals surface area contributed by atoms with Crippen molar-refractivity contribution in [3.8, 4) is 0 Å². The zero-order valence-corrected chi connectivity index (χ0v) is 7.74. The number of rotatable bonds is 1. The van der Waals surface area contributed by atoms with Crippen molar-refractivity contribution in [1.29, 1.82) is 0 Å². The molecular weight excluding hydrogens is 164 g/mol. The molecule has 0 unspecified atom stereocenters. The summed E-state index contributed by atoms with van der Waals surface area (Å²) in [6.07, 6.45) is 8.17. The van der Waals surface area contributed by atoms with E-state index >= 15 is 0 Å². The van der Waals surface area contributed by atoms with Crippen molar-refractivity contribution < 1.29 is 5.11 Å². The maximum atomic E-state index is 10.3. The smallest absolute Gasteiger partial charge is 0.0923 e. The van der Waals surface area contributed by atoms with E-state index in [1.807, 2.05) is 12.3 Å². The van der Waals surface area contributed by atoms with E-state index in [0.717, 1.165) is 25.9 Å². The first-order chi connectivity index (χ1) is 6.31. The molecule has 72 valence electrons. The van der Waals surface area contributed by atoms with Gasteiger partial charge in [0.2, 0.25) is 0 Å². The Bertz CT molecular complexity index is 231. The van der Waals surface area contributed by atoms with Gasteiger partial charge in [-0.1, -0.05) is 0 Å². The van der Waals surface area contributed by atoms with Crippen molar-refractivity contribution in [3.63, 3.8) is 0 Å². The summed E-state index contributed by atoms with van der Waals surface area (Å²) >= 11 is 0. The number of hydrogen-bond acceptors (Lipinski definition) is 3. The SMILES string of the molecule is O[C@]1(C2CCNCC2)C=CN=CC1. The molecule has 0 aromatic carbocycles. The van der Waals surface area contributed by atoms with Gasteiger partial charge in [0.25, 0.3) is 0 Å². The summed E-state index contributed by atoms with van der Waals surface area (Å²) in [4.78, 5) is 3.99. The van der Waals surface area contributed by atoms with Crippen LogP contribution in [0.15, 0.2) is 17.3 Å². The summed E-state index contributed by atoms with van der Waals surface area (Å²) in [5.74, 6) is 0.400. The molecule has 0 saturated carbocycles. The molecule has 0 aliphatic carbocycles. The van der Waals surface area contributed by atoms with Crippen LogP contribution < -0.4 is 5.32 Å². The molecule has 0 aromatic heterocycles. The second kappa shape index (κ2) is 3.60. The molecule has 3 heteroatoms. The van der Waals surface area contributed by atoms with Crippen LogP contribution >= 0.6 is 0 Å². The van der Waals surface area contributed by atoms with Gasteiger partial charge < -0.3 is 10.4 Å². The average molecular weight is 180 g/mol. The van der Waals surface area contributed by atoms with Gasteiger partial charge in [0.15, 0.2) is 0 Å². The Kier molecular flexibility index (Phi) is 2.47. The Balaban J connectivity index is 2.04. The molecule has 0 bridgehead atoms. The summed E-state index contributed by atoms with van der Waals surface area (Å²) in [6, 6.07) is 0. The van der Waals surface area contributed by atoms with Gasteiger partial charge in [-0.3, -0.25) is 4.99 Å². The van der Waals surface area contributed by atoms with Crippen molar-refractivity contribution >= 4 is 6.21 Å². The average Bonchev–Trinajstić information content (AvgIpc) is 2.20. The van der Waals surface area contributed by atoms with Gasteiger partial charge in [-0.2, -0.15) is 0 Å². The fourth-order valence-electron chi connectivity index (χ4n) is 2.12. The highest BCUT2D eigenvalue weighted by molar-refractivity contribution is 5.62. The van der Waals surface area contributed by atoms with E-state index in [4.69, 9.17) is 0 Å². The standard InChI is InChI=1S/C10H16N2O/c13-10(3-7-12-8-4-10)9-1-5-11-6-2-9/h3,7-9,11,13H,1-2,4-6H2/t10-/m1/s1. The number of nitrogens with zero attached hydrogens (tertiary/aromatic N) is 1. The highest BCUT2D eigenvalue weighted by Crippen LogP contribution is 2.31. The summed E-state index contributed by atoms with van der Waals surface area (Å²) in [5.41, 5.74) is -0.621. The molecule has 0 amide bonds. The molecule has 2 aliphatic rings. The molecule has 13 heavy (non-hydrogen) atoms. The summed E-state index contributed by atoms with van der Waals surface area (Å²) in [6.45, 7) is 2.05. The minimum absolute atomic E-state index is 0.400. The monoisotopic (exact) mass is 180 g/mol. The highest BCUT2D eigenvalue weighted by atomic mass is 16.3. The van der Waals surface area contributed by atoms with Crippen LogP contribution in [0.3, 0.4) is 0 Å². The number of aliphatic hydroxyl groups is 1. The molecule has 0 aromatic rings. The van der Waals surface area contributed by atoms with E-state index < -0.39 is 5.60 Å². The van der Waals surface area contributed by atoms with E-state index in [1.54, 1.807) is 6.20 Å². The third-order valence-corrected chi connectivity index (χ3v) is 3.02. The molecule has 3 nitrogen and oxygen atoms in total. The van der Waals surface area contributed by atoms with Gasteiger partial charge in [-0.05, 0) is 37.9 Å². The summed E-state index contributed by atoms with van der Waals surface area (Å²) < 4.78 is 0. The molecule has 2 aliphatic heterocycles. The third kappa shape index (κ3) is 1.81. The third-order valence-electron chi connectivity index (χ3n) is 3.02. The fourth-order valence-corrected chi connectivity index (χ4v) is 2.12. The van der Waals surface area contributed by atoms with E-state index in [9.17, 15) is 5.11 Å². The molecule has 2 rings (SSSR count). The van der Waals surface area contributed by atoms with E-state index in [2.05, 4.69) is 10.3 Å². The summed E-state index contributed by atoms with van der Waals surface area (Å²) in [5, 5.41) is 13.6. The van der Waals surface area contributed by atoms with Gasteiger partial charge in [-0.15, -0.1) is 0 Å². The zero-order valence-electron chi connectivity index (χ0n) is 7.74. The van der Waals surface area contributed by atoms with Gasteiger partial charge >= 0.3 is 0 Å². The van der Waals surface area contributed by atoms with Gasteiger partial charge in [0.1, 0.15) is 0 Å². The van der Waals surface area contributed by atoms with Crippen LogP contribution in [-0.2, 0) is 0 Å². The number of aliphatic imine (C=N–C) groups is 1. The van der Waals surface area contributed by atoms with Crippen LogP contribution in [0, 0.1) is 5.92 Å². The maximum absolute atomic E-state index is 10.3. The topological polar surface area (TPSA) is 44.6 Å². The van der Waals surface area contributed by atoms with Crippen LogP contribution in [0.1, 0.15) is 19.3 Å². The number of nitrogens with one attached hydrogen (secondary N) is 1. The molecule has 2 heterocycles. The molecule has 0 radical (unpaired) electrons. The van der Waals surface area contributed by atoms with E-state index in [0.29, 0.717) is 12.3 Å². The van der Waals surface area contributed by atoms with Crippen LogP contribution in [0.25, 0.3) is 0 Å². The Morgan fingerprint density at radius 3 is 2.77 bits per heavy atom. The molecular formula is C10H16N2O. The predicted molar refractivity (Wildman–Crippen MR) is 52.8 cm³/mol. The first kappa shape index (κ1) is 8.91. The largest absolute Gasteiger partial charge is 0.385 e. The summed E-state index contributed by atoms with van der Waals surface area (Å²) in [7, 11) is 0. The Labute approximate surface area is 78.6 Å². The normalized spacial score (nSPS) is 35.2. The van der Waals surface area contributed by atoms with Crippen molar-refractivity contribution in [2.75, 3.05) is 13.1 Å². The zero-order chi connectivity index (χ0) is 9.15. The minimum atomic E-state index is -0.621. The van der Waals surface area contributed by atoms with Gasteiger partial charge in [0, 0.05) is 18.8 Å². The second-order valence-corrected chi connectivity index (χ2v) is 3.87. The minimum Gasteiger partial charge on any atom is -0.385 e. The lowest BCUT2D eigenvalue weighted by molar-refractivity contribution is 0.0201. The van der Waals surface area contributed by atoms with Crippen molar-refractivity contribution in [2.45, 2.75) is 24.9 Å². The van der Waals surface area contributed by atoms with Crippen LogP contribution in [0.5, 0.6) is 0 Å². The maximum Gasteiger partial charge on any atom is 0.0923 e. The van der Waals surface area contributed by atoms with Gasteiger partial charge in [-0.25, -0.2) is 0 Å². The molecule has 0 spiro atoms. The number of hydrogen-bond donors (Lipinski definition) is 2. The second-order valence-electron chi connectivity index (χ2n) is 3.87. The lowest BCUT2D eigenvalue weighted by Crippen LogP contribution is -2.43. The Morgan fingerprint density at radius 2 is 2.15 bits per heavy atom. The first-order valence-electron chi connectivity index (χ1n) is 4.94. The molecule has 2 N–H and O–H groups in total. The number of piperidine rings is 1. The Hall–Kier alpha value is -0.670. The van der Waals surface area contributed by atoms with Crippen LogP contribution in [0.4, 0.5) is 0 Å². The van der Waals surface area contributed by atoms with Crippen LogP contribution in [-0.4, -0.2) is 30.0 Å². The fraction of sp³-hybridized carbons (Fsp3) is 0.700. The quantitative estimate of drug-likeness (QED) is 0.624. The van der Waals surface area contributed by atoms with E-state index in [1.165, 1.54) is 0 Å². The molecule has 1 saturated heterocycles. The van der Waals surface area contributed by atoms with Crippen molar-refractivity contribution in [2.24, 2.45) is 10.9 Å². The lowest BCUT2D eigenvalue weighted by atomic mass is 9.78. The van der Waals surface area contributed by atoms with E-state index in [-0.39, 0.29) is 0 Å². The van der Waals surface area contributed by atoms with Crippen molar-refractivity contribution in [3.05, 3.63) is 12.3 Å². The van der Waals surface area contributed by atoms with Crippen LogP contribution in [0.2, 0.25) is 0 Å². The first-order valence-corrected chi connectivity index (χ1v) is 4.94. The molecule has 1 atom stereocenters. The predicted octanol–water partition coefficient (Wildman–Crippen LogP) is 0.705. The van der Waals surface area contributed by atoms with Gasteiger partial charge in [0.05, 0.1) is 5.60 Å². The lowest BCUT2D eigenvalue weighted by Gasteiger charge is -2.36. The highest BCUT2D eigenvalue weighted by Gasteiger charge is 2.34. The molecule has 1 fully saturated rings. The Morgan fingerprint density at radius 1 is 1.38 bits per heavy atom. The van der Waals surface area contributed by atoms with Crippen molar-refractivity contribution in [1.82, 2.24) is 5.32 Å².